The maximum Gasteiger partial charge on any atom is 0.246 e. The van der Waals surface area contributed by atoms with Crippen LogP contribution in [0, 0.1) is 23.2 Å². The van der Waals surface area contributed by atoms with E-state index in [9.17, 15) is 15.0 Å². The third-order valence-electron chi connectivity index (χ3n) is 7.26. The summed E-state index contributed by atoms with van der Waals surface area (Å²) in [4.78, 5) is 12.2. The lowest BCUT2D eigenvalue weighted by molar-refractivity contribution is -0.0144. The molecule has 0 spiro atoms. The van der Waals surface area contributed by atoms with Gasteiger partial charge in [-0.25, -0.2) is 0 Å². The predicted octanol–water partition coefficient (Wildman–Crippen LogP) is 5.42. The Kier molecular flexibility index (Phi) is 6.00. The molecule has 0 aromatic carbocycles. The van der Waals surface area contributed by atoms with E-state index in [1.807, 2.05) is 6.26 Å². The lowest BCUT2D eigenvalue weighted by Crippen LogP contribution is -2.43. The predicted molar refractivity (Wildman–Crippen MR) is 116 cm³/mol. The Balaban J connectivity index is 2.15. The highest BCUT2D eigenvalue weighted by atomic mass is 32.2. The fraction of sp³-hybridized carbons (Fsp3) is 0.773. The second kappa shape index (κ2) is 7.55. The molecule has 0 radical (unpaired) electrons. The summed E-state index contributed by atoms with van der Waals surface area (Å²) in [5, 5.41) is 22.2. The third kappa shape index (κ3) is 3.58. The van der Waals surface area contributed by atoms with Crippen molar-refractivity contribution in [3.8, 4) is 0 Å². The van der Waals surface area contributed by atoms with Crippen molar-refractivity contribution < 1.29 is 15.0 Å². The van der Waals surface area contributed by atoms with Crippen LogP contribution in [0.1, 0.15) is 60.3 Å². The molecule has 0 aromatic rings. The lowest BCUT2D eigenvalue weighted by atomic mass is 9.69. The summed E-state index contributed by atoms with van der Waals surface area (Å²) in [5.41, 5.74) is 3.43. The van der Waals surface area contributed by atoms with E-state index in [0.29, 0.717) is 5.92 Å². The minimum absolute atomic E-state index is 0.0240. The van der Waals surface area contributed by atoms with Gasteiger partial charge in [-0.05, 0) is 62.2 Å². The first-order valence-electron chi connectivity index (χ1n) is 10.1. The second-order valence-electron chi connectivity index (χ2n) is 9.34. The molecule has 0 saturated heterocycles. The topological polar surface area (TPSA) is 57.5 Å². The van der Waals surface area contributed by atoms with Crippen LogP contribution in [0.25, 0.3) is 0 Å². The number of aliphatic hydroxyl groups is 2. The standard InChI is InChI=1S/C22H34O3S2/c1-12(2)14-7-9-21(4)11-16-15(13(3)18(23)19(24)17(14)21)8-10-22(16,5)27-20(25)26-6/h11-13,15,18-19,23-24H,7-10H2,1-6H3/b16-11+/t13-,15+,18+,19-,21-,22-/m1/s1. The summed E-state index contributed by atoms with van der Waals surface area (Å²) >= 11 is 2.73. The average molecular weight is 411 g/mol. The zero-order valence-electron chi connectivity index (χ0n) is 17.4. The van der Waals surface area contributed by atoms with E-state index in [0.717, 1.165) is 31.3 Å². The number of hydrogen-bond donors (Lipinski definition) is 2. The molecular weight excluding hydrogens is 376 g/mol. The first-order chi connectivity index (χ1) is 12.5. The van der Waals surface area contributed by atoms with Gasteiger partial charge in [0.1, 0.15) is 6.10 Å². The molecule has 152 valence electrons. The quantitative estimate of drug-likeness (QED) is 0.595. The molecule has 1 fully saturated rings. The van der Waals surface area contributed by atoms with Crippen LogP contribution in [0.4, 0.5) is 4.79 Å². The lowest BCUT2D eigenvalue weighted by Gasteiger charge is -2.41. The maximum absolute atomic E-state index is 12.2. The summed E-state index contributed by atoms with van der Waals surface area (Å²) in [6.45, 7) is 10.8. The minimum Gasteiger partial charge on any atom is -0.390 e. The second-order valence-corrected chi connectivity index (χ2v) is 11.9. The van der Waals surface area contributed by atoms with Crippen molar-refractivity contribution in [2.24, 2.45) is 23.2 Å². The maximum atomic E-state index is 12.2. The largest absolute Gasteiger partial charge is 0.390 e. The minimum atomic E-state index is -0.796. The van der Waals surface area contributed by atoms with Crippen LogP contribution in [0.2, 0.25) is 0 Å². The van der Waals surface area contributed by atoms with E-state index in [4.69, 9.17) is 0 Å². The molecule has 3 aliphatic rings. The van der Waals surface area contributed by atoms with Crippen molar-refractivity contribution in [1.29, 1.82) is 0 Å². The van der Waals surface area contributed by atoms with E-state index >= 15 is 0 Å². The third-order valence-corrected chi connectivity index (χ3v) is 9.40. The van der Waals surface area contributed by atoms with Crippen molar-refractivity contribution >= 4 is 28.0 Å². The zero-order chi connectivity index (χ0) is 20.1. The van der Waals surface area contributed by atoms with E-state index in [1.165, 1.54) is 34.7 Å². The Morgan fingerprint density at radius 2 is 1.93 bits per heavy atom. The molecule has 0 aliphatic heterocycles. The van der Waals surface area contributed by atoms with Crippen LogP contribution >= 0.6 is 23.5 Å². The number of carbonyl (C=O) groups excluding carboxylic acids is 1. The fourth-order valence-corrected chi connectivity index (χ4v) is 7.41. The summed E-state index contributed by atoms with van der Waals surface area (Å²) in [6, 6.07) is 0. The molecule has 2 N–H and O–H groups in total. The number of rotatable bonds is 2. The number of aliphatic hydroxyl groups excluding tert-OH is 2. The molecule has 3 aliphatic carbocycles. The first-order valence-corrected chi connectivity index (χ1v) is 12.2. The van der Waals surface area contributed by atoms with Gasteiger partial charge in [0.15, 0.2) is 0 Å². The Hall–Kier alpha value is -0.230. The summed E-state index contributed by atoms with van der Waals surface area (Å²) in [5.74, 6) is 0.572. The van der Waals surface area contributed by atoms with Crippen LogP contribution in [-0.2, 0) is 0 Å². The molecule has 0 amide bonds. The van der Waals surface area contributed by atoms with E-state index in [2.05, 4.69) is 40.7 Å². The van der Waals surface area contributed by atoms with Crippen LogP contribution in [0.5, 0.6) is 0 Å². The monoisotopic (exact) mass is 410 g/mol. The highest BCUT2D eigenvalue weighted by Gasteiger charge is 2.52. The van der Waals surface area contributed by atoms with Gasteiger partial charge in [0.2, 0.25) is 4.45 Å². The molecule has 3 nitrogen and oxygen atoms in total. The Morgan fingerprint density at radius 1 is 1.26 bits per heavy atom. The van der Waals surface area contributed by atoms with E-state index in [1.54, 1.807) is 0 Å². The highest BCUT2D eigenvalue weighted by Crippen LogP contribution is 2.58. The number of fused-ring (bicyclic) bond motifs is 2. The van der Waals surface area contributed by atoms with Gasteiger partial charge in [0, 0.05) is 10.2 Å². The van der Waals surface area contributed by atoms with Gasteiger partial charge in [0.05, 0.1) is 6.10 Å². The van der Waals surface area contributed by atoms with Gasteiger partial charge < -0.3 is 10.2 Å². The smallest absolute Gasteiger partial charge is 0.246 e. The van der Waals surface area contributed by atoms with Crippen molar-refractivity contribution in [3.63, 3.8) is 0 Å². The number of thioether (sulfide) groups is 2. The molecule has 1 saturated carbocycles. The molecule has 27 heavy (non-hydrogen) atoms. The van der Waals surface area contributed by atoms with Crippen LogP contribution in [-0.4, -0.2) is 37.9 Å². The zero-order valence-corrected chi connectivity index (χ0v) is 19.0. The van der Waals surface area contributed by atoms with E-state index < -0.39 is 12.2 Å². The Bertz CT molecular complexity index is 683. The first kappa shape index (κ1) is 21.5. The van der Waals surface area contributed by atoms with Crippen LogP contribution in [0.3, 0.4) is 0 Å². The Labute approximate surface area is 172 Å². The summed E-state index contributed by atoms with van der Waals surface area (Å²) in [6.07, 6.45) is 6.54. The SMILES string of the molecule is CSC(=O)S[C@]1(C)CC[C@@H]2/C1=C\[C@@]1(C)CCC(C(C)C)=C1[C@@H](O)[C@@H](O)[C@@H]2C. The molecule has 0 heterocycles. The van der Waals surface area contributed by atoms with Crippen molar-refractivity contribution in [1.82, 2.24) is 0 Å². The van der Waals surface area contributed by atoms with Crippen molar-refractivity contribution in [3.05, 3.63) is 22.8 Å². The van der Waals surface area contributed by atoms with Gasteiger partial charge >= 0.3 is 0 Å². The van der Waals surface area contributed by atoms with Crippen molar-refractivity contribution in [2.75, 3.05) is 6.26 Å². The summed E-state index contributed by atoms with van der Waals surface area (Å²) in [7, 11) is 0. The molecule has 3 rings (SSSR count). The van der Waals surface area contributed by atoms with Crippen molar-refractivity contribution in [2.45, 2.75) is 77.3 Å². The van der Waals surface area contributed by atoms with E-state index in [-0.39, 0.29) is 26.4 Å². The molecule has 0 bridgehead atoms. The van der Waals surface area contributed by atoms with Crippen LogP contribution in [0.15, 0.2) is 22.8 Å². The van der Waals surface area contributed by atoms with Gasteiger partial charge in [-0.15, -0.1) is 0 Å². The number of hydrogen-bond acceptors (Lipinski definition) is 5. The normalized spacial score (nSPS) is 43.8. The molecule has 5 heteroatoms. The average Bonchev–Trinajstić information content (AvgIpc) is 3.10. The van der Waals surface area contributed by atoms with Crippen LogP contribution < -0.4 is 0 Å². The van der Waals surface area contributed by atoms with Gasteiger partial charge in [0.25, 0.3) is 0 Å². The molecule has 0 unspecified atom stereocenters. The Morgan fingerprint density at radius 3 is 2.52 bits per heavy atom. The number of carbonyl (C=O) groups is 1. The molecule has 0 aromatic heterocycles. The van der Waals surface area contributed by atoms with Gasteiger partial charge in [-0.3, -0.25) is 4.79 Å². The summed E-state index contributed by atoms with van der Waals surface area (Å²) < 4.78 is -0.0556. The van der Waals surface area contributed by atoms with Gasteiger partial charge in [-0.1, -0.05) is 68.4 Å². The highest BCUT2D eigenvalue weighted by molar-refractivity contribution is 8.38. The molecular formula is C22H34O3S2. The fourth-order valence-electron chi connectivity index (χ4n) is 5.61. The number of allylic oxidation sites excluding steroid dienone is 2. The van der Waals surface area contributed by atoms with Gasteiger partial charge in [-0.2, -0.15) is 0 Å². The molecule has 6 atom stereocenters.